The first-order chi connectivity index (χ1) is 6.18. The Bertz CT molecular complexity index is 167. The van der Waals surface area contributed by atoms with Crippen molar-refractivity contribution in [3.05, 3.63) is 0 Å². The molecule has 1 radical (unpaired) electrons. The van der Waals surface area contributed by atoms with Crippen molar-refractivity contribution in [1.29, 1.82) is 0 Å². The molecule has 0 aliphatic carbocycles. The highest BCUT2D eigenvalue weighted by Crippen LogP contribution is 2.36. The predicted molar refractivity (Wildman–Crippen MR) is 47.7 cm³/mol. The van der Waals surface area contributed by atoms with Crippen LogP contribution in [0.5, 0.6) is 0 Å². The number of rotatable bonds is 6. The van der Waals surface area contributed by atoms with Gasteiger partial charge in [0, 0.05) is 5.41 Å². The second kappa shape index (κ2) is 4.61. The van der Waals surface area contributed by atoms with E-state index in [1.54, 1.807) is 0 Å². The molecule has 0 bridgehead atoms. The van der Waals surface area contributed by atoms with Gasteiger partial charge in [-0.1, -0.05) is 13.3 Å². The number of carbonyl (C=O) groups excluding carboxylic acids is 1. The second-order valence-corrected chi connectivity index (χ2v) is 3.93. The van der Waals surface area contributed by atoms with Crippen LogP contribution in [0.15, 0.2) is 0 Å². The zero-order valence-corrected chi connectivity index (χ0v) is 8.17. The third-order valence-electron chi connectivity index (χ3n) is 2.90. The van der Waals surface area contributed by atoms with Crippen LogP contribution in [0.25, 0.3) is 0 Å². The Morgan fingerprint density at radius 3 is 2.46 bits per heavy atom. The fraction of sp³-hybridized carbons (Fsp3) is 0.900. The van der Waals surface area contributed by atoms with Gasteiger partial charge in [0.1, 0.15) is 0 Å². The van der Waals surface area contributed by atoms with Crippen LogP contribution >= 0.6 is 0 Å². The third kappa shape index (κ3) is 2.99. The van der Waals surface area contributed by atoms with E-state index in [0.29, 0.717) is 5.41 Å². The summed E-state index contributed by atoms with van der Waals surface area (Å²) in [5, 5.41) is 10.1. The van der Waals surface area contributed by atoms with Gasteiger partial charge in [0.15, 0.2) is 0 Å². The number of unbranched alkanes of at least 4 members (excludes halogenated alkanes) is 1. The van der Waals surface area contributed by atoms with Crippen LogP contribution < -0.4 is 0 Å². The lowest BCUT2D eigenvalue weighted by molar-refractivity contribution is -0.143. The van der Waals surface area contributed by atoms with Crippen LogP contribution in [0.2, 0.25) is 0 Å². The monoisotopic (exact) mass is 185 g/mol. The van der Waals surface area contributed by atoms with Crippen molar-refractivity contribution >= 4 is 5.97 Å². The second-order valence-electron chi connectivity index (χ2n) is 3.93. The standard InChI is InChI=1S/C10H17O3/c1-2-10(7-13-8-10)6-4-3-5-9(11)12/h2-8H2,1H3. The lowest BCUT2D eigenvalue weighted by Gasteiger charge is -2.41. The number of carbonyl (C=O) groups is 1. The van der Waals surface area contributed by atoms with Gasteiger partial charge in [-0.05, 0) is 19.3 Å². The Hall–Kier alpha value is -0.570. The third-order valence-corrected chi connectivity index (χ3v) is 2.90. The molecule has 0 amide bonds. The fourth-order valence-corrected chi connectivity index (χ4v) is 1.69. The molecule has 75 valence electrons. The normalized spacial score (nSPS) is 19.5. The average molecular weight is 185 g/mol. The molecule has 3 nitrogen and oxygen atoms in total. The Balaban J connectivity index is 2.07. The lowest BCUT2D eigenvalue weighted by atomic mass is 9.78. The number of ether oxygens (including phenoxy) is 1. The van der Waals surface area contributed by atoms with Crippen LogP contribution in [0.1, 0.15) is 39.0 Å². The van der Waals surface area contributed by atoms with E-state index >= 15 is 0 Å². The quantitative estimate of drug-likeness (QED) is 0.593. The van der Waals surface area contributed by atoms with Gasteiger partial charge in [0.25, 0.3) is 0 Å². The minimum atomic E-state index is -0.935. The summed E-state index contributed by atoms with van der Waals surface area (Å²) in [6.45, 7) is 3.88. The summed E-state index contributed by atoms with van der Waals surface area (Å²) in [6, 6.07) is 0. The number of hydrogen-bond acceptors (Lipinski definition) is 2. The molecular weight excluding hydrogens is 168 g/mol. The zero-order chi connectivity index (χ0) is 9.73. The molecule has 1 aliphatic heterocycles. The fourth-order valence-electron chi connectivity index (χ4n) is 1.69. The molecule has 0 aromatic carbocycles. The first-order valence-electron chi connectivity index (χ1n) is 4.96. The maximum absolute atomic E-state index is 10.1. The van der Waals surface area contributed by atoms with E-state index in [1.165, 1.54) is 0 Å². The summed E-state index contributed by atoms with van der Waals surface area (Å²) in [5.74, 6) is -0.935. The molecule has 0 N–H and O–H groups in total. The molecule has 0 unspecified atom stereocenters. The van der Waals surface area contributed by atoms with Crippen molar-refractivity contribution in [2.24, 2.45) is 5.41 Å². The number of hydrogen-bond donors (Lipinski definition) is 0. The van der Waals surface area contributed by atoms with Gasteiger partial charge in [-0.15, -0.1) is 0 Å². The molecule has 0 spiro atoms. The van der Waals surface area contributed by atoms with Crippen LogP contribution in [-0.2, 0) is 14.6 Å². The maximum Gasteiger partial charge on any atom is 0.355 e. The van der Waals surface area contributed by atoms with Crippen molar-refractivity contribution in [3.8, 4) is 0 Å². The van der Waals surface area contributed by atoms with Gasteiger partial charge in [0.05, 0.1) is 19.6 Å². The highest BCUT2D eigenvalue weighted by atomic mass is 16.5. The van der Waals surface area contributed by atoms with E-state index in [0.717, 1.165) is 38.9 Å². The molecule has 0 atom stereocenters. The lowest BCUT2D eigenvalue weighted by Crippen LogP contribution is -2.41. The molecule has 0 aromatic rings. The first-order valence-corrected chi connectivity index (χ1v) is 4.96. The van der Waals surface area contributed by atoms with Gasteiger partial charge in [-0.25, -0.2) is 9.90 Å². The van der Waals surface area contributed by atoms with E-state index in [1.807, 2.05) is 0 Å². The molecule has 0 saturated carbocycles. The average Bonchev–Trinajstić information content (AvgIpc) is 2.01. The Morgan fingerprint density at radius 2 is 2.08 bits per heavy atom. The topological polar surface area (TPSA) is 46.2 Å². The van der Waals surface area contributed by atoms with E-state index in [9.17, 15) is 9.90 Å². The molecule has 0 aromatic heterocycles. The zero-order valence-electron chi connectivity index (χ0n) is 8.17. The van der Waals surface area contributed by atoms with Crippen LogP contribution in [0, 0.1) is 5.41 Å². The van der Waals surface area contributed by atoms with E-state index in [-0.39, 0.29) is 6.42 Å². The molecule has 1 heterocycles. The van der Waals surface area contributed by atoms with Crippen molar-refractivity contribution in [1.82, 2.24) is 0 Å². The summed E-state index contributed by atoms with van der Waals surface area (Å²) in [6.07, 6.45) is 4.14. The minimum Gasteiger partial charge on any atom is -0.380 e. The maximum atomic E-state index is 10.1. The molecule has 13 heavy (non-hydrogen) atoms. The SMILES string of the molecule is CCC1(CCCCC([O])=O)COC1. The van der Waals surface area contributed by atoms with Crippen molar-refractivity contribution in [2.45, 2.75) is 39.0 Å². The minimum absolute atomic E-state index is 0.195. The van der Waals surface area contributed by atoms with Crippen LogP contribution in [0.3, 0.4) is 0 Å². The van der Waals surface area contributed by atoms with Crippen molar-refractivity contribution in [2.75, 3.05) is 13.2 Å². The van der Waals surface area contributed by atoms with Crippen LogP contribution in [0.4, 0.5) is 0 Å². The summed E-state index contributed by atoms with van der Waals surface area (Å²) in [4.78, 5) is 10.1. The molecule has 1 saturated heterocycles. The highest BCUT2D eigenvalue weighted by molar-refractivity contribution is 5.66. The predicted octanol–water partition coefficient (Wildman–Crippen LogP) is 1.93. The van der Waals surface area contributed by atoms with Crippen LogP contribution in [-0.4, -0.2) is 19.2 Å². The van der Waals surface area contributed by atoms with Gasteiger partial charge in [-0.3, -0.25) is 0 Å². The van der Waals surface area contributed by atoms with Gasteiger partial charge < -0.3 is 4.74 Å². The Morgan fingerprint density at radius 1 is 1.38 bits per heavy atom. The molecular formula is C10H17O3. The van der Waals surface area contributed by atoms with Crippen molar-refractivity contribution < 1.29 is 14.6 Å². The smallest absolute Gasteiger partial charge is 0.355 e. The first kappa shape index (κ1) is 10.5. The van der Waals surface area contributed by atoms with Gasteiger partial charge >= 0.3 is 5.97 Å². The Kier molecular flexibility index (Phi) is 3.72. The molecule has 1 fully saturated rings. The Labute approximate surface area is 79.1 Å². The molecule has 1 rings (SSSR count). The summed E-state index contributed by atoms with van der Waals surface area (Å²) in [5.41, 5.74) is 0.367. The van der Waals surface area contributed by atoms with Crippen molar-refractivity contribution in [3.63, 3.8) is 0 Å². The summed E-state index contributed by atoms with van der Waals surface area (Å²) < 4.78 is 5.18. The summed E-state index contributed by atoms with van der Waals surface area (Å²) >= 11 is 0. The largest absolute Gasteiger partial charge is 0.380 e. The highest BCUT2D eigenvalue weighted by Gasteiger charge is 2.35. The van der Waals surface area contributed by atoms with E-state index in [4.69, 9.17) is 4.74 Å². The molecule has 1 aliphatic rings. The van der Waals surface area contributed by atoms with Gasteiger partial charge in [0.2, 0.25) is 0 Å². The van der Waals surface area contributed by atoms with E-state index in [2.05, 4.69) is 6.92 Å². The molecule has 3 heteroatoms. The van der Waals surface area contributed by atoms with Gasteiger partial charge in [-0.2, -0.15) is 0 Å². The summed E-state index contributed by atoms with van der Waals surface area (Å²) in [7, 11) is 0. The van der Waals surface area contributed by atoms with E-state index < -0.39 is 5.97 Å².